The second-order valence-corrected chi connectivity index (χ2v) is 7.84. The van der Waals surface area contributed by atoms with Crippen molar-refractivity contribution < 1.29 is 24.2 Å². The highest BCUT2D eigenvalue weighted by Crippen LogP contribution is 2.39. The van der Waals surface area contributed by atoms with Crippen molar-refractivity contribution in [1.82, 2.24) is 15.1 Å². The van der Waals surface area contributed by atoms with E-state index in [9.17, 15) is 9.59 Å². The summed E-state index contributed by atoms with van der Waals surface area (Å²) in [5, 5.41) is 12.4. The summed E-state index contributed by atoms with van der Waals surface area (Å²) >= 11 is 6.00. The van der Waals surface area contributed by atoms with Gasteiger partial charge in [-0.15, -0.1) is 0 Å². The molecule has 2 unspecified atom stereocenters. The molecule has 4 N–H and O–H groups in total. The molecular weight excluding hydrogens is 400 g/mol. The number of likely N-dealkylation sites (tertiary alicyclic amines) is 1. The number of carbonyl (C=O) groups is 2. The first kappa shape index (κ1) is 21.5. The van der Waals surface area contributed by atoms with Crippen molar-refractivity contribution in [1.29, 1.82) is 0 Å². The quantitative estimate of drug-likeness (QED) is 0.583. The summed E-state index contributed by atoms with van der Waals surface area (Å²) in [6.07, 6.45) is 2.11. The third-order valence-electron chi connectivity index (χ3n) is 5.65. The monoisotopic (exact) mass is 426 g/mol. The normalized spacial score (nSPS) is 24.7. The van der Waals surface area contributed by atoms with Gasteiger partial charge in [-0.2, -0.15) is 0 Å². The van der Waals surface area contributed by atoms with Gasteiger partial charge in [0.15, 0.2) is 0 Å². The summed E-state index contributed by atoms with van der Waals surface area (Å²) in [6, 6.07) is -0.137. The molecule has 29 heavy (non-hydrogen) atoms. The SMILES string of the molecule is COC1CN(CCN(C)C(=O)O)CCC1NC(=O)C1=C2OC=C(Cl)C(N)=C2CC1. The molecule has 1 fully saturated rings. The van der Waals surface area contributed by atoms with Crippen LogP contribution in [0.4, 0.5) is 4.79 Å². The Labute approximate surface area is 174 Å². The Hall–Kier alpha value is -2.23. The number of nitrogens with two attached hydrogens (primary N) is 1. The maximum atomic E-state index is 12.9. The van der Waals surface area contributed by atoms with Crippen LogP contribution in [-0.2, 0) is 14.3 Å². The van der Waals surface area contributed by atoms with Crippen LogP contribution in [0.25, 0.3) is 0 Å². The summed E-state index contributed by atoms with van der Waals surface area (Å²) < 4.78 is 11.1. The van der Waals surface area contributed by atoms with Crippen molar-refractivity contribution in [3.8, 4) is 0 Å². The number of likely N-dealkylation sites (N-methyl/N-ethyl adjacent to an activating group) is 1. The van der Waals surface area contributed by atoms with Crippen molar-refractivity contribution >= 4 is 23.6 Å². The number of rotatable bonds is 6. The zero-order chi connectivity index (χ0) is 21.1. The van der Waals surface area contributed by atoms with Crippen LogP contribution in [0.15, 0.2) is 33.9 Å². The van der Waals surface area contributed by atoms with Crippen molar-refractivity contribution in [2.75, 3.05) is 40.3 Å². The molecule has 1 saturated heterocycles. The van der Waals surface area contributed by atoms with Gasteiger partial charge in [0.25, 0.3) is 5.91 Å². The molecule has 0 aromatic rings. The van der Waals surface area contributed by atoms with Gasteiger partial charge in [0, 0.05) is 45.9 Å². The second-order valence-electron chi connectivity index (χ2n) is 7.43. The number of hydrogen-bond acceptors (Lipinski definition) is 6. The molecule has 3 aliphatic rings. The minimum atomic E-state index is -0.948. The molecule has 1 aliphatic carbocycles. The van der Waals surface area contributed by atoms with Crippen molar-refractivity contribution in [3.63, 3.8) is 0 Å². The Morgan fingerprint density at radius 1 is 1.48 bits per heavy atom. The van der Waals surface area contributed by atoms with E-state index in [-0.39, 0.29) is 18.1 Å². The van der Waals surface area contributed by atoms with Crippen LogP contribution >= 0.6 is 11.6 Å². The molecule has 2 atom stereocenters. The van der Waals surface area contributed by atoms with Crippen molar-refractivity contribution in [3.05, 3.63) is 33.9 Å². The maximum Gasteiger partial charge on any atom is 0.407 e. The lowest BCUT2D eigenvalue weighted by Gasteiger charge is -2.38. The zero-order valence-electron chi connectivity index (χ0n) is 16.6. The third-order valence-corrected chi connectivity index (χ3v) is 5.94. The summed E-state index contributed by atoms with van der Waals surface area (Å²) in [4.78, 5) is 27.2. The van der Waals surface area contributed by atoms with Crippen LogP contribution in [0, 0.1) is 0 Å². The fourth-order valence-electron chi connectivity index (χ4n) is 3.82. The van der Waals surface area contributed by atoms with Gasteiger partial charge in [0.1, 0.15) is 12.0 Å². The molecule has 0 radical (unpaired) electrons. The number of nitrogens with one attached hydrogen (secondary N) is 1. The molecule has 0 saturated carbocycles. The molecule has 0 bridgehead atoms. The third kappa shape index (κ3) is 4.68. The summed E-state index contributed by atoms with van der Waals surface area (Å²) in [6.45, 7) is 2.40. The lowest BCUT2D eigenvalue weighted by molar-refractivity contribution is -0.120. The summed E-state index contributed by atoms with van der Waals surface area (Å²) in [7, 11) is 3.16. The number of piperidine rings is 1. The van der Waals surface area contributed by atoms with E-state index in [1.54, 1.807) is 14.2 Å². The highest BCUT2D eigenvalue weighted by molar-refractivity contribution is 6.32. The van der Waals surface area contributed by atoms with E-state index in [1.807, 2.05) is 0 Å². The molecular formula is C19H27ClN4O5. The van der Waals surface area contributed by atoms with Crippen LogP contribution in [0.2, 0.25) is 0 Å². The Morgan fingerprint density at radius 3 is 2.93 bits per heavy atom. The van der Waals surface area contributed by atoms with Gasteiger partial charge in [0.05, 0.1) is 28.4 Å². The number of carbonyl (C=O) groups excluding carboxylic acids is 1. The molecule has 160 valence electrons. The first-order valence-electron chi connectivity index (χ1n) is 9.56. The van der Waals surface area contributed by atoms with E-state index in [1.165, 1.54) is 11.2 Å². The number of amides is 2. The fourth-order valence-corrected chi connectivity index (χ4v) is 3.98. The second kappa shape index (κ2) is 9.06. The van der Waals surface area contributed by atoms with E-state index < -0.39 is 6.09 Å². The standard InChI is InChI=1S/C19H27ClN4O5/c1-23(19(26)27)7-8-24-6-5-14(15(9-24)28-2)22-18(25)12-4-3-11-16(21)13(20)10-29-17(11)12/h10,14-15H,3-9,21H2,1-2H3,(H,22,25)(H,26,27). The average molecular weight is 427 g/mol. The minimum absolute atomic E-state index is 0.137. The Bertz CT molecular complexity index is 779. The Morgan fingerprint density at radius 2 is 2.24 bits per heavy atom. The van der Waals surface area contributed by atoms with Gasteiger partial charge in [-0.25, -0.2) is 4.79 Å². The predicted octanol–water partition coefficient (Wildman–Crippen LogP) is 1.17. The van der Waals surface area contributed by atoms with E-state index in [4.69, 9.17) is 31.9 Å². The van der Waals surface area contributed by atoms with Gasteiger partial charge in [-0.1, -0.05) is 11.6 Å². The number of ether oxygens (including phenoxy) is 2. The Kier molecular flexibility index (Phi) is 6.71. The van der Waals surface area contributed by atoms with Gasteiger partial charge in [-0.05, 0) is 19.3 Å². The number of hydrogen-bond donors (Lipinski definition) is 3. The van der Waals surface area contributed by atoms with Gasteiger partial charge in [0.2, 0.25) is 0 Å². The molecule has 10 heteroatoms. The first-order valence-corrected chi connectivity index (χ1v) is 9.94. The van der Waals surface area contributed by atoms with Crippen LogP contribution in [0.5, 0.6) is 0 Å². The van der Waals surface area contributed by atoms with Crippen LogP contribution in [0.3, 0.4) is 0 Å². The molecule has 0 aromatic heterocycles. The van der Waals surface area contributed by atoms with Crippen molar-refractivity contribution in [2.24, 2.45) is 5.73 Å². The van der Waals surface area contributed by atoms with Crippen LogP contribution in [-0.4, -0.2) is 79.4 Å². The largest absolute Gasteiger partial charge is 0.465 e. The lowest BCUT2D eigenvalue weighted by atomic mass is 10.0. The topological polar surface area (TPSA) is 117 Å². The molecule has 2 amide bonds. The molecule has 2 heterocycles. The fraction of sp³-hybridized carbons (Fsp3) is 0.579. The summed E-state index contributed by atoms with van der Waals surface area (Å²) in [5.41, 5.74) is 7.82. The molecule has 9 nitrogen and oxygen atoms in total. The molecule has 3 rings (SSSR count). The number of halogens is 1. The highest BCUT2D eigenvalue weighted by atomic mass is 35.5. The lowest BCUT2D eigenvalue weighted by Crippen LogP contribution is -2.55. The number of methoxy groups -OCH3 is 1. The van der Waals surface area contributed by atoms with E-state index in [2.05, 4.69) is 10.2 Å². The molecule has 0 aromatic carbocycles. The van der Waals surface area contributed by atoms with E-state index in [0.717, 1.165) is 12.1 Å². The van der Waals surface area contributed by atoms with Gasteiger partial charge >= 0.3 is 6.09 Å². The first-order chi connectivity index (χ1) is 13.8. The maximum absolute atomic E-state index is 12.9. The highest BCUT2D eigenvalue weighted by Gasteiger charge is 2.35. The average Bonchev–Trinajstić information content (AvgIpc) is 3.14. The Balaban J connectivity index is 1.60. The van der Waals surface area contributed by atoms with Crippen LogP contribution in [0.1, 0.15) is 19.3 Å². The number of carboxylic acid groups (broad SMARTS) is 1. The van der Waals surface area contributed by atoms with Gasteiger partial charge in [-0.3, -0.25) is 9.69 Å². The van der Waals surface area contributed by atoms with Crippen molar-refractivity contribution in [2.45, 2.75) is 31.4 Å². The van der Waals surface area contributed by atoms with Crippen LogP contribution < -0.4 is 11.1 Å². The minimum Gasteiger partial charge on any atom is -0.465 e. The molecule has 2 aliphatic heterocycles. The predicted molar refractivity (Wildman–Crippen MR) is 107 cm³/mol. The molecule has 0 spiro atoms. The summed E-state index contributed by atoms with van der Waals surface area (Å²) in [5.74, 6) is 0.327. The van der Waals surface area contributed by atoms with Gasteiger partial charge < -0.3 is 30.5 Å². The zero-order valence-corrected chi connectivity index (χ0v) is 17.4. The van der Waals surface area contributed by atoms with E-state index in [0.29, 0.717) is 61.0 Å². The smallest absolute Gasteiger partial charge is 0.407 e. The number of allylic oxidation sites excluding steroid dienone is 2. The number of fused-ring (bicyclic) bond motifs is 1. The van der Waals surface area contributed by atoms with E-state index >= 15 is 0 Å². The number of nitrogens with zero attached hydrogens (tertiary/aromatic N) is 2.